The van der Waals surface area contributed by atoms with Crippen molar-refractivity contribution in [2.45, 2.75) is 45.7 Å². The number of amides is 2. The van der Waals surface area contributed by atoms with E-state index >= 15 is 0 Å². The second-order valence-corrected chi connectivity index (χ2v) is 6.18. The van der Waals surface area contributed by atoms with E-state index in [9.17, 15) is 9.59 Å². The van der Waals surface area contributed by atoms with Crippen LogP contribution in [0.1, 0.15) is 38.7 Å². The van der Waals surface area contributed by atoms with Crippen LogP contribution in [0.3, 0.4) is 0 Å². The molecule has 0 aromatic heterocycles. The van der Waals surface area contributed by atoms with Crippen LogP contribution in [0.4, 0.5) is 5.69 Å². The van der Waals surface area contributed by atoms with Crippen LogP contribution in [0.5, 0.6) is 0 Å². The molecule has 120 valence electrons. The van der Waals surface area contributed by atoms with E-state index in [1.165, 1.54) is 0 Å². The number of hydrogen-bond acceptors (Lipinski definition) is 3. The minimum atomic E-state index is -0.221. The maximum atomic E-state index is 11.9. The Hall–Kier alpha value is -1.88. The molecule has 2 unspecified atom stereocenters. The highest BCUT2D eigenvalue weighted by Gasteiger charge is 2.25. The van der Waals surface area contributed by atoms with Crippen molar-refractivity contribution in [3.8, 4) is 0 Å². The predicted octanol–water partition coefficient (Wildman–Crippen LogP) is 2.02. The van der Waals surface area contributed by atoms with E-state index in [1.54, 1.807) is 0 Å². The second-order valence-electron chi connectivity index (χ2n) is 6.18. The lowest BCUT2D eigenvalue weighted by atomic mass is 9.85. The third-order valence-corrected chi connectivity index (χ3v) is 4.34. The van der Waals surface area contributed by atoms with Gasteiger partial charge in [-0.15, -0.1) is 0 Å². The molecule has 2 atom stereocenters. The number of nitrogens with two attached hydrogens (primary N) is 1. The van der Waals surface area contributed by atoms with Gasteiger partial charge in [-0.2, -0.15) is 0 Å². The summed E-state index contributed by atoms with van der Waals surface area (Å²) in [6.45, 7) is 4.07. The maximum absolute atomic E-state index is 11.9. The van der Waals surface area contributed by atoms with Gasteiger partial charge in [0.05, 0.1) is 0 Å². The van der Waals surface area contributed by atoms with Crippen LogP contribution in [0.25, 0.3) is 0 Å². The van der Waals surface area contributed by atoms with E-state index in [1.807, 2.05) is 38.1 Å². The van der Waals surface area contributed by atoms with Gasteiger partial charge in [0.1, 0.15) is 0 Å². The van der Waals surface area contributed by atoms with E-state index < -0.39 is 0 Å². The second kappa shape index (κ2) is 7.40. The first-order valence-corrected chi connectivity index (χ1v) is 7.90. The van der Waals surface area contributed by atoms with Gasteiger partial charge in [-0.25, -0.2) is 0 Å². The molecule has 0 aliphatic heterocycles. The van der Waals surface area contributed by atoms with Crippen LogP contribution >= 0.6 is 0 Å². The van der Waals surface area contributed by atoms with Crippen LogP contribution in [-0.2, 0) is 16.1 Å². The number of anilines is 1. The van der Waals surface area contributed by atoms with Crippen molar-refractivity contribution in [3.63, 3.8) is 0 Å². The van der Waals surface area contributed by atoms with E-state index in [2.05, 4.69) is 10.6 Å². The molecule has 1 aromatic carbocycles. The van der Waals surface area contributed by atoms with Gasteiger partial charge in [0, 0.05) is 30.1 Å². The van der Waals surface area contributed by atoms with Crippen molar-refractivity contribution in [3.05, 3.63) is 29.8 Å². The highest BCUT2D eigenvalue weighted by Crippen LogP contribution is 2.27. The summed E-state index contributed by atoms with van der Waals surface area (Å²) < 4.78 is 0. The van der Waals surface area contributed by atoms with E-state index in [0.29, 0.717) is 6.54 Å². The maximum Gasteiger partial charge on any atom is 0.227 e. The van der Waals surface area contributed by atoms with Crippen molar-refractivity contribution in [2.75, 3.05) is 5.32 Å². The number of nitrogens with one attached hydrogen (secondary N) is 2. The molecular weight excluding hydrogens is 278 g/mol. The highest BCUT2D eigenvalue weighted by atomic mass is 16.2. The van der Waals surface area contributed by atoms with Crippen molar-refractivity contribution in [1.82, 2.24) is 5.32 Å². The van der Waals surface area contributed by atoms with E-state index in [-0.39, 0.29) is 29.7 Å². The van der Waals surface area contributed by atoms with Gasteiger partial charge in [-0.1, -0.05) is 25.5 Å². The minimum absolute atomic E-state index is 0.0566. The number of carbonyl (C=O) groups is 2. The van der Waals surface area contributed by atoms with Crippen molar-refractivity contribution >= 4 is 17.5 Å². The Morgan fingerprint density at radius 2 is 2.05 bits per heavy atom. The molecule has 2 amide bonds. The minimum Gasteiger partial charge on any atom is -0.352 e. The van der Waals surface area contributed by atoms with Gasteiger partial charge in [-0.3, -0.25) is 9.59 Å². The quantitative estimate of drug-likeness (QED) is 0.751. The van der Waals surface area contributed by atoms with Gasteiger partial charge in [0.2, 0.25) is 11.8 Å². The molecule has 1 aliphatic carbocycles. The topological polar surface area (TPSA) is 84.2 Å². The van der Waals surface area contributed by atoms with Crippen LogP contribution in [0.15, 0.2) is 24.3 Å². The Morgan fingerprint density at radius 3 is 2.64 bits per heavy atom. The number of carbonyl (C=O) groups excluding carboxylic acids is 2. The first-order chi connectivity index (χ1) is 10.5. The molecular formula is C17H25N3O2. The average molecular weight is 303 g/mol. The molecule has 1 aromatic rings. The lowest BCUT2D eigenvalue weighted by Gasteiger charge is -2.24. The summed E-state index contributed by atoms with van der Waals surface area (Å²) in [4.78, 5) is 23.8. The monoisotopic (exact) mass is 303 g/mol. The SMILES string of the molecule is CC(N)C(C)C(=O)NCc1cccc(NC(=O)C2CCC2)c1. The van der Waals surface area contributed by atoms with Gasteiger partial charge < -0.3 is 16.4 Å². The summed E-state index contributed by atoms with van der Waals surface area (Å²) in [6.07, 6.45) is 3.11. The molecule has 2 rings (SSSR count). The molecule has 1 fully saturated rings. The molecule has 5 nitrogen and oxygen atoms in total. The van der Waals surface area contributed by atoms with Gasteiger partial charge >= 0.3 is 0 Å². The van der Waals surface area contributed by atoms with Gasteiger partial charge in [0.15, 0.2) is 0 Å². The molecule has 22 heavy (non-hydrogen) atoms. The summed E-state index contributed by atoms with van der Waals surface area (Å²) in [5, 5.41) is 5.82. The fourth-order valence-electron chi connectivity index (χ4n) is 2.26. The molecule has 1 aliphatic rings. The zero-order valence-corrected chi connectivity index (χ0v) is 13.3. The fraction of sp³-hybridized carbons (Fsp3) is 0.529. The van der Waals surface area contributed by atoms with E-state index in [0.717, 1.165) is 30.5 Å². The lowest BCUT2D eigenvalue weighted by Crippen LogP contribution is -2.38. The summed E-state index contributed by atoms with van der Waals surface area (Å²) in [5.74, 6) is -0.0197. The standard InChI is InChI=1S/C17H25N3O2/c1-11(12(2)18)16(21)19-10-13-5-3-8-15(9-13)20-17(22)14-6-4-7-14/h3,5,8-9,11-12,14H,4,6-7,10,18H2,1-2H3,(H,19,21)(H,20,22). The van der Waals surface area contributed by atoms with Crippen LogP contribution < -0.4 is 16.4 Å². The van der Waals surface area contributed by atoms with E-state index in [4.69, 9.17) is 5.73 Å². The van der Waals surface area contributed by atoms with Crippen molar-refractivity contribution in [2.24, 2.45) is 17.6 Å². The summed E-state index contributed by atoms with van der Waals surface area (Å²) in [6, 6.07) is 7.40. The lowest BCUT2D eigenvalue weighted by molar-refractivity contribution is -0.125. The fourth-order valence-corrected chi connectivity index (χ4v) is 2.26. The normalized spacial score (nSPS) is 17.2. The molecule has 0 bridgehead atoms. The third kappa shape index (κ3) is 4.31. The number of benzene rings is 1. The van der Waals surface area contributed by atoms with Crippen molar-refractivity contribution < 1.29 is 9.59 Å². The van der Waals surface area contributed by atoms with Gasteiger partial charge in [-0.05, 0) is 37.5 Å². The Morgan fingerprint density at radius 1 is 1.32 bits per heavy atom. The molecule has 0 heterocycles. The largest absolute Gasteiger partial charge is 0.352 e. The molecule has 0 saturated heterocycles. The van der Waals surface area contributed by atoms with Gasteiger partial charge in [0.25, 0.3) is 0 Å². The van der Waals surface area contributed by atoms with Crippen LogP contribution in [0.2, 0.25) is 0 Å². The Labute approximate surface area is 131 Å². The zero-order chi connectivity index (χ0) is 16.1. The highest BCUT2D eigenvalue weighted by molar-refractivity contribution is 5.93. The summed E-state index contributed by atoms with van der Waals surface area (Å²) in [7, 11) is 0. The Balaban J connectivity index is 1.88. The number of hydrogen-bond donors (Lipinski definition) is 3. The average Bonchev–Trinajstić information content (AvgIpc) is 2.42. The first-order valence-electron chi connectivity index (χ1n) is 7.90. The van der Waals surface area contributed by atoms with Crippen LogP contribution in [-0.4, -0.2) is 17.9 Å². The molecule has 0 radical (unpaired) electrons. The van der Waals surface area contributed by atoms with Crippen molar-refractivity contribution in [1.29, 1.82) is 0 Å². The Bertz CT molecular complexity index is 538. The number of rotatable bonds is 6. The zero-order valence-electron chi connectivity index (χ0n) is 13.3. The Kier molecular flexibility index (Phi) is 5.55. The third-order valence-electron chi connectivity index (χ3n) is 4.34. The summed E-state index contributed by atoms with van der Waals surface area (Å²) >= 11 is 0. The van der Waals surface area contributed by atoms with Crippen LogP contribution in [0, 0.1) is 11.8 Å². The molecule has 4 N–H and O–H groups in total. The molecule has 0 spiro atoms. The molecule has 5 heteroatoms. The summed E-state index contributed by atoms with van der Waals surface area (Å²) in [5.41, 5.74) is 7.46. The molecule has 1 saturated carbocycles. The first kappa shape index (κ1) is 16.5. The smallest absolute Gasteiger partial charge is 0.227 e. The predicted molar refractivity (Wildman–Crippen MR) is 87.1 cm³/mol.